The number of rotatable bonds is 1. The van der Waals surface area contributed by atoms with E-state index >= 15 is 0 Å². The summed E-state index contributed by atoms with van der Waals surface area (Å²) in [6.45, 7) is 1.82. The lowest BCUT2D eigenvalue weighted by molar-refractivity contribution is 0.609. The normalized spacial score (nSPS) is 11.7. The van der Waals surface area contributed by atoms with Gasteiger partial charge in [0, 0.05) is 14.3 Å². The predicted octanol–water partition coefficient (Wildman–Crippen LogP) is 3.29. The summed E-state index contributed by atoms with van der Waals surface area (Å²) in [5.41, 5.74) is 0.867. The zero-order valence-corrected chi connectivity index (χ0v) is 11.8. The summed E-state index contributed by atoms with van der Waals surface area (Å²) < 4.78 is 23.5. The summed E-state index contributed by atoms with van der Waals surface area (Å²) >= 11 is 5.22. The topological polar surface area (TPSA) is 34.1 Å². The maximum absolute atomic E-state index is 11.1. The van der Waals surface area contributed by atoms with E-state index in [1.165, 1.54) is 6.07 Å². The summed E-state index contributed by atoms with van der Waals surface area (Å²) in [5.74, 6) is 0. The molecule has 0 aliphatic rings. The standard InChI is InChI=1S/C7H5BrClIO2S/c1-4-2-5(10)7(8)6(3-4)13(9,11)12/h2-3H,1H3. The molecule has 0 atom stereocenters. The highest BCUT2D eigenvalue weighted by atomic mass is 127. The summed E-state index contributed by atoms with van der Waals surface area (Å²) in [4.78, 5) is 0.124. The molecule has 1 aromatic carbocycles. The van der Waals surface area contributed by atoms with Gasteiger partial charge < -0.3 is 0 Å². The Balaban J connectivity index is 3.56. The number of hydrogen-bond acceptors (Lipinski definition) is 2. The summed E-state index contributed by atoms with van der Waals surface area (Å²) in [7, 11) is 1.59. The zero-order valence-electron chi connectivity index (χ0n) is 6.51. The van der Waals surface area contributed by atoms with Crippen LogP contribution in [0.15, 0.2) is 21.5 Å². The molecule has 0 saturated heterocycles. The molecule has 1 aromatic rings. The lowest BCUT2D eigenvalue weighted by atomic mass is 10.2. The van der Waals surface area contributed by atoms with Gasteiger partial charge in [-0.2, -0.15) is 0 Å². The molecule has 0 aliphatic carbocycles. The molecule has 0 bridgehead atoms. The van der Waals surface area contributed by atoms with Crippen molar-refractivity contribution in [1.29, 1.82) is 0 Å². The predicted molar refractivity (Wildman–Crippen MR) is 64.6 cm³/mol. The Bertz CT molecular complexity index is 444. The molecule has 2 nitrogen and oxygen atoms in total. The van der Waals surface area contributed by atoms with Gasteiger partial charge in [0.15, 0.2) is 0 Å². The Morgan fingerprint density at radius 1 is 1.46 bits per heavy atom. The molecule has 0 unspecified atom stereocenters. The molecule has 0 fully saturated rings. The zero-order chi connectivity index (χ0) is 10.2. The van der Waals surface area contributed by atoms with Crippen LogP contribution in [-0.4, -0.2) is 8.42 Å². The quantitative estimate of drug-likeness (QED) is 0.540. The van der Waals surface area contributed by atoms with Gasteiger partial charge in [-0.25, -0.2) is 8.42 Å². The van der Waals surface area contributed by atoms with Crippen LogP contribution >= 0.6 is 49.2 Å². The molecule has 0 aliphatic heterocycles. The molecule has 1 rings (SSSR count). The number of aryl methyl sites for hydroxylation is 1. The first kappa shape index (κ1) is 11.7. The van der Waals surface area contributed by atoms with E-state index in [0.29, 0.717) is 4.47 Å². The molecule has 6 heteroatoms. The van der Waals surface area contributed by atoms with Crippen molar-refractivity contribution >= 4 is 58.3 Å². The van der Waals surface area contributed by atoms with Crippen LogP contribution in [0.25, 0.3) is 0 Å². The van der Waals surface area contributed by atoms with E-state index in [1.807, 2.05) is 35.6 Å². The van der Waals surface area contributed by atoms with E-state index in [2.05, 4.69) is 15.9 Å². The Morgan fingerprint density at radius 3 is 2.46 bits per heavy atom. The Morgan fingerprint density at radius 2 is 2.00 bits per heavy atom. The smallest absolute Gasteiger partial charge is 0.207 e. The van der Waals surface area contributed by atoms with Gasteiger partial charge in [0.25, 0.3) is 9.05 Å². The van der Waals surface area contributed by atoms with Crippen LogP contribution < -0.4 is 0 Å². The van der Waals surface area contributed by atoms with Crippen LogP contribution in [0, 0.1) is 10.5 Å². The number of hydrogen-bond donors (Lipinski definition) is 0. The average Bonchev–Trinajstić information content (AvgIpc) is 1.94. The van der Waals surface area contributed by atoms with Gasteiger partial charge in [-0.05, 0) is 63.1 Å². The largest absolute Gasteiger partial charge is 0.262 e. The Kier molecular flexibility index (Phi) is 3.65. The van der Waals surface area contributed by atoms with Gasteiger partial charge >= 0.3 is 0 Å². The SMILES string of the molecule is Cc1cc(I)c(Br)c(S(=O)(=O)Cl)c1. The minimum Gasteiger partial charge on any atom is -0.207 e. The second-order valence-electron chi connectivity index (χ2n) is 2.50. The van der Waals surface area contributed by atoms with E-state index in [0.717, 1.165) is 9.13 Å². The molecule has 13 heavy (non-hydrogen) atoms. The van der Waals surface area contributed by atoms with Gasteiger partial charge in [0.1, 0.15) is 0 Å². The van der Waals surface area contributed by atoms with Crippen molar-refractivity contribution < 1.29 is 8.42 Å². The van der Waals surface area contributed by atoms with Crippen molar-refractivity contribution in [3.8, 4) is 0 Å². The molecular formula is C7H5BrClIO2S. The van der Waals surface area contributed by atoms with Crippen molar-refractivity contribution in [1.82, 2.24) is 0 Å². The fourth-order valence-corrected chi connectivity index (χ4v) is 4.00. The van der Waals surface area contributed by atoms with E-state index in [1.54, 1.807) is 0 Å². The Hall–Kier alpha value is 0.670. The van der Waals surface area contributed by atoms with Crippen molar-refractivity contribution in [2.24, 2.45) is 0 Å². The van der Waals surface area contributed by atoms with Gasteiger partial charge in [-0.1, -0.05) is 0 Å². The van der Waals surface area contributed by atoms with E-state index in [9.17, 15) is 8.42 Å². The highest BCUT2D eigenvalue weighted by molar-refractivity contribution is 14.1. The first-order chi connectivity index (χ1) is 5.82. The van der Waals surface area contributed by atoms with Crippen LogP contribution in [0.1, 0.15) is 5.56 Å². The van der Waals surface area contributed by atoms with Gasteiger partial charge in [0.05, 0.1) is 9.37 Å². The van der Waals surface area contributed by atoms with E-state index in [4.69, 9.17) is 10.7 Å². The molecule has 72 valence electrons. The molecule has 0 saturated carbocycles. The lowest BCUT2D eigenvalue weighted by Crippen LogP contribution is -1.95. The minimum atomic E-state index is -3.66. The summed E-state index contributed by atoms with van der Waals surface area (Å²) in [6, 6.07) is 3.41. The molecule has 0 amide bonds. The molecule has 0 heterocycles. The fraction of sp³-hybridized carbons (Fsp3) is 0.143. The molecule has 0 N–H and O–H groups in total. The highest BCUT2D eigenvalue weighted by Gasteiger charge is 2.16. The van der Waals surface area contributed by atoms with Crippen LogP contribution in [0.4, 0.5) is 0 Å². The van der Waals surface area contributed by atoms with Crippen molar-refractivity contribution in [3.05, 3.63) is 25.7 Å². The van der Waals surface area contributed by atoms with Crippen LogP contribution in [0.5, 0.6) is 0 Å². The van der Waals surface area contributed by atoms with Crippen LogP contribution in [0.2, 0.25) is 0 Å². The fourth-order valence-electron chi connectivity index (χ4n) is 0.870. The highest BCUT2D eigenvalue weighted by Crippen LogP contribution is 2.30. The average molecular weight is 395 g/mol. The Labute approximate surface area is 103 Å². The maximum Gasteiger partial charge on any atom is 0.262 e. The molecule has 0 radical (unpaired) electrons. The monoisotopic (exact) mass is 394 g/mol. The van der Waals surface area contributed by atoms with E-state index in [-0.39, 0.29) is 4.90 Å². The third-order valence-corrected chi connectivity index (χ3v) is 5.46. The number of halogens is 3. The summed E-state index contributed by atoms with van der Waals surface area (Å²) in [5, 5.41) is 0. The molecule has 0 aromatic heterocycles. The number of benzene rings is 1. The second-order valence-corrected chi connectivity index (χ2v) is 6.99. The van der Waals surface area contributed by atoms with Crippen LogP contribution in [-0.2, 0) is 9.05 Å². The third kappa shape index (κ3) is 2.81. The molecular weight excluding hydrogens is 390 g/mol. The molecule has 0 spiro atoms. The van der Waals surface area contributed by atoms with Gasteiger partial charge in [-0.15, -0.1) is 0 Å². The van der Waals surface area contributed by atoms with Crippen molar-refractivity contribution in [2.45, 2.75) is 11.8 Å². The lowest BCUT2D eigenvalue weighted by Gasteiger charge is -2.04. The minimum absolute atomic E-state index is 0.124. The van der Waals surface area contributed by atoms with Crippen molar-refractivity contribution in [2.75, 3.05) is 0 Å². The van der Waals surface area contributed by atoms with Gasteiger partial charge in [-0.3, -0.25) is 0 Å². The third-order valence-electron chi connectivity index (χ3n) is 1.40. The van der Waals surface area contributed by atoms with Crippen LogP contribution in [0.3, 0.4) is 0 Å². The second kappa shape index (κ2) is 4.04. The maximum atomic E-state index is 11.1. The van der Waals surface area contributed by atoms with Crippen molar-refractivity contribution in [3.63, 3.8) is 0 Å². The van der Waals surface area contributed by atoms with Gasteiger partial charge in [0.2, 0.25) is 0 Å². The first-order valence-corrected chi connectivity index (χ1v) is 7.41. The summed E-state index contributed by atoms with van der Waals surface area (Å²) in [6.07, 6.45) is 0. The van der Waals surface area contributed by atoms with E-state index < -0.39 is 9.05 Å². The first-order valence-electron chi connectivity index (χ1n) is 3.22.